The van der Waals surface area contributed by atoms with Crippen molar-refractivity contribution in [2.45, 2.75) is 27.7 Å². The summed E-state index contributed by atoms with van der Waals surface area (Å²) in [6, 6.07) is 0. The molecule has 0 unspecified atom stereocenters. The second-order valence-corrected chi connectivity index (χ2v) is 2.79. The standard InChI is InChI=1S/2C5H8O2.Ce/c2*1-4(6)3-5(2)7;/h2*3,6H,1-2H3;/b2*4-3-;. The van der Waals surface area contributed by atoms with Gasteiger partial charge in [-0.3, -0.25) is 9.59 Å². The van der Waals surface area contributed by atoms with Gasteiger partial charge in [-0.2, -0.15) is 0 Å². The van der Waals surface area contributed by atoms with Crippen LogP contribution in [-0.2, 0) is 9.59 Å². The number of hydrogen-bond donors (Lipinski definition) is 2. The van der Waals surface area contributed by atoms with Crippen molar-refractivity contribution in [3.63, 3.8) is 0 Å². The van der Waals surface area contributed by atoms with Crippen molar-refractivity contribution < 1.29 is 61.5 Å². The van der Waals surface area contributed by atoms with Crippen LogP contribution in [0.5, 0.6) is 0 Å². The summed E-state index contributed by atoms with van der Waals surface area (Å²) in [6.07, 6.45) is 2.33. The van der Waals surface area contributed by atoms with Crippen LogP contribution in [0.1, 0.15) is 27.7 Å². The molecule has 0 saturated heterocycles. The molecule has 0 bridgehead atoms. The van der Waals surface area contributed by atoms with E-state index in [1.807, 2.05) is 0 Å². The van der Waals surface area contributed by atoms with Crippen LogP contribution in [0.3, 0.4) is 0 Å². The van der Waals surface area contributed by atoms with E-state index in [9.17, 15) is 9.59 Å². The normalized spacial score (nSPS) is 10.7. The number of carbonyl (C=O) groups is 2. The van der Waals surface area contributed by atoms with Crippen LogP contribution >= 0.6 is 0 Å². The second kappa shape index (κ2) is 11.9. The number of aliphatic hydroxyl groups excluding tert-OH is 2. The molecule has 0 saturated carbocycles. The molecule has 0 fully saturated rings. The number of allylic oxidation sites excluding steroid dienone is 4. The van der Waals surface area contributed by atoms with Crippen molar-refractivity contribution in [2.75, 3.05) is 0 Å². The number of ketones is 2. The molecule has 0 radical (unpaired) electrons. The minimum Gasteiger partial charge on any atom is -0.512 e. The van der Waals surface area contributed by atoms with Crippen molar-refractivity contribution in [1.29, 1.82) is 0 Å². The minimum absolute atomic E-state index is 0. The molecule has 15 heavy (non-hydrogen) atoms. The molecule has 0 aliphatic carbocycles. The van der Waals surface area contributed by atoms with E-state index in [-0.39, 0.29) is 64.8 Å². The third-order valence-electron chi connectivity index (χ3n) is 0.824. The maximum absolute atomic E-state index is 10.0. The molecule has 0 rings (SSSR count). The van der Waals surface area contributed by atoms with Gasteiger partial charge in [0.2, 0.25) is 0 Å². The molecule has 5 heteroatoms. The van der Waals surface area contributed by atoms with Gasteiger partial charge in [0.15, 0.2) is 11.6 Å². The summed E-state index contributed by atoms with van der Waals surface area (Å²) in [7, 11) is 0. The molecule has 0 atom stereocenters. The fourth-order valence-electron chi connectivity index (χ4n) is 0.588. The Morgan fingerprint density at radius 2 is 1.00 bits per heavy atom. The summed E-state index contributed by atoms with van der Waals surface area (Å²) in [5.74, 6) is -0.125. The van der Waals surface area contributed by atoms with Gasteiger partial charge in [-0.1, -0.05) is 0 Å². The van der Waals surface area contributed by atoms with Gasteiger partial charge < -0.3 is 10.2 Å². The molecule has 0 aliphatic heterocycles. The zero-order valence-corrected chi connectivity index (χ0v) is 12.5. The Kier molecular flexibility index (Phi) is 16.0. The van der Waals surface area contributed by atoms with Crippen LogP contribution in [0.2, 0.25) is 0 Å². The Hall–Kier alpha value is -0.203. The predicted molar refractivity (Wildman–Crippen MR) is 54.1 cm³/mol. The van der Waals surface area contributed by atoms with E-state index in [0.717, 1.165) is 0 Å². The summed E-state index contributed by atoms with van der Waals surface area (Å²) >= 11 is 0. The summed E-state index contributed by atoms with van der Waals surface area (Å²) in [4.78, 5) is 20.0. The maximum Gasteiger partial charge on any atom is 0.155 e. The molecule has 0 aromatic heterocycles. The Morgan fingerprint density at radius 1 is 0.800 bits per heavy atom. The predicted octanol–water partition coefficient (Wildman–Crippen LogP) is 2.07. The first-order chi connectivity index (χ1) is 6.25. The Balaban J connectivity index is -0.000000180. The number of hydrogen-bond acceptors (Lipinski definition) is 4. The largest absolute Gasteiger partial charge is 0.512 e. The maximum atomic E-state index is 10.0. The zero-order chi connectivity index (χ0) is 11.7. The number of carbonyl (C=O) groups excluding carboxylic acids is 2. The minimum atomic E-state index is -0.125. The van der Waals surface area contributed by atoms with Crippen molar-refractivity contribution in [3.8, 4) is 0 Å². The number of aliphatic hydroxyl groups is 2. The first kappa shape index (κ1) is 20.2. The molecular weight excluding hydrogens is 324 g/mol. The van der Waals surface area contributed by atoms with Crippen LogP contribution in [0.4, 0.5) is 0 Å². The van der Waals surface area contributed by atoms with Crippen LogP contribution < -0.4 is 0 Å². The average molecular weight is 340 g/mol. The summed E-state index contributed by atoms with van der Waals surface area (Å²) in [5.41, 5.74) is 0. The molecule has 0 aromatic rings. The van der Waals surface area contributed by atoms with Crippen molar-refractivity contribution in [1.82, 2.24) is 0 Å². The first-order valence-corrected chi connectivity index (χ1v) is 4.01. The smallest absolute Gasteiger partial charge is 0.155 e. The van der Waals surface area contributed by atoms with Crippen molar-refractivity contribution >= 4 is 11.6 Å². The van der Waals surface area contributed by atoms with Gasteiger partial charge >= 0.3 is 0 Å². The Morgan fingerprint density at radius 3 is 1.00 bits per heavy atom. The van der Waals surface area contributed by atoms with E-state index in [1.165, 1.54) is 39.8 Å². The quantitative estimate of drug-likeness (QED) is 0.596. The summed E-state index contributed by atoms with van der Waals surface area (Å²) in [5, 5.41) is 16.7. The van der Waals surface area contributed by atoms with E-state index in [4.69, 9.17) is 10.2 Å². The fraction of sp³-hybridized carbons (Fsp3) is 0.400. The topological polar surface area (TPSA) is 74.6 Å². The molecule has 0 spiro atoms. The third-order valence-corrected chi connectivity index (χ3v) is 0.824. The Labute approximate surface area is 123 Å². The molecule has 2 N–H and O–H groups in total. The zero-order valence-electron chi connectivity index (χ0n) is 9.37. The first-order valence-electron chi connectivity index (χ1n) is 4.01. The van der Waals surface area contributed by atoms with Gasteiger partial charge in [-0.15, -0.1) is 0 Å². The number of rotatable bonds is 2. The van der Waals surface area contributed by atoms with Gasteiger partial charge in [0, 0.05) is 53.9 Å². The second-order valence-electron chi connectivity index (χ2n) is 2.79. The third kappa shape index (κ3) is 31.6. The van der Waals surface area contributed by atoms with E-state index in [1.54, 1.807) is 0 Å². The van der Waals surface area contributed by atoms with E-state index < -0.39 is 0 Å². The van der Waals surface area contributed by atoms with Gasteiger partial charge in [0.25, 0.3) is 0 Å². The average Bonchev–Trinajstić information content (AvgIpc) is 1.79. The van der Waals surface area contributed by atoms with E-state index >= 15 is 0 Å². The van der Waals surface area contributed by atoms with Crippen LogP contribution in [0, 0.1) is 41.7 Å². The van der Waals surface area contributed by atoms with Crippen molar-refractivity contribution in [2.24, 2.45) is 0 Å². The Bertz CT molecular complexity index is 231. The van der Waals surface area contributed by atoms with Gasteiger partial charge in [0.05, 0.1) is 11.5 Å². The molecule has 0 aromatic carbocycles. The molecule has 4 nitrogen and oxygen atoms in total. The summed E-state index contributed by atoms with van der Waals surface area (Å²) < 4.78 is 0. The SMILES string of the molecule is CC(=O)/C=C(/C)O.CC(=O)/C=C(/C)O.[Ce]. The molecular formula is C10H16CeO4. The molecule has 84 valence electrons. The van der Waals surface area contributed by atoms with Crippen LogP contribution in [0.15, 0.2) is 23.7 Å². The van der Waals surface area contributed by atoms with E-state index in [2.05, 4.69) is 0 Å². The van der Waals surface area contributed by atoms with Crippen LogP contribution in [0.25, 0.3) is 0 Å². The fourth-order valence-corrected chi connectivity index (χ4v) is 0.588. The van der Waals surface area contributed by atoms with Gasteiger partial charge in [-0.05, 0) is 27.7 Å². The van der Waals surface area contributed by atoms with E-state index in [0.29, 0.717) is 0 Å². The molecule has 0 aliphatic rings. The molecule has 0 amide bonds. The van der Waals surface area contributed by atoms with Crippen LogP contribution in [-0.4, -0.2) is 21.8 Å². The monoisotopic (exact) mass is 340 g/mol. The summed E-state index contributed by atoms with van der Waals surface area (Å²) in [6.45, 7) is 5.70. The van der Waals surface area contributed by atoms with Crippen molar-refractivity contribution in [3.05, 3.63) is 23.7 Å². The van der Waals surface area contributed by atoms with Gasteiger partial charge in [0.1, 0.15) is 0 Å². The molecule has 0 heterocycles. The van der Waals surface area contributed by atoms with Gasteiger partial charge in [-0.25, -0.2) is 0 Å².